The van der Waals surface area contributed by atoms with Crippen LogP contribution in [-0.2, 0) is 17.3 Å². The second kappa shape index (κ2) is 8.06. The molecule has 0 unspecified atom stereocenters. The summed E-state index contributed by atoms with van der Waals surface area (Å²) in [6.07, 6.45) is -29.8. The van der Waals surface area contributed by atoms with E-state index in [1.165, 1.54) is 0 Å². The van der Waals surface area contributed by atoms with Crippen LogP contribution in [0.4, 0.5) is 87.8 Å². The van der Waals surface area contributed by atoms with Crippen LogP contribution in [0.15, 0.2) is 18.2 Å². The van der Waals surface area contributed by atoms with E-state index in [0.29, 0.717) is 0 Å². The van der Waals surface area contributed by atoms with Gasteiger partial charge in [0.1, 0.15) is 0 Å². The molecule has 0 saturated carbocycles. The molecule has 0 amide bonds. The molecule has 0 fully saturated rings. The summed E-state index contributed by atoms with van der Waals surface area (Å²) in [7, 11) is 0. The van der Waals surface area contributed by atoms with Gasteiger partial charge in [0, 0.05) is 0 Å². The van der Waals surface area contributed by atoms with Crippen molar-refractivity contribution >= 4 is 20.6 Å². The van der Waals surface area contributed by atoms with E-state index in [9.17, 15) is 87.8 Å². The number of halogens is 21. The van der Waals surface area contributed by atoms with Crippen molar-refractivity contribution < 1.29 is 93.9 Å². The molecule has 0 bridgehead atoms. The number of hydrogen-bond donors (Lipinski definition) is 0. The van der Waals surface area contributed by atoms with Gasteiger partial charge in [-0.3, -0.25) is 0 Å². The third-order valence-corrected chi connectivity index (χ3v) is 9.64. The molecule has 0 saturated heterocycles. The summed E-state index contributed by atoms with van der Waals surface area (Å²) in [6.45, 7) is 0. The topological polar surface area (TPSA) is 18.5 Å². The van der Waals surface area contributed by atoms with Gasteiger partial charge in [-0.1, -0.05) is 0 Å². The van der Waals surface area contributed by atoms with Crippen molar-refractivity contribution in [3.05, 3.63) is 32.9 Å². The van der Waals surface area contributed by atoms with Gasteiger partial charge < -0.3 is 0 Å². The zero-order valence-electron chi connectivity index (χ0n) is 17.0. The van der Waals surface area contributed by atoms with Crippen molar-refractivity contribution in [2.75, 3.05) is 0 Å². The van der Waals surface area contributed by atoms with Gasteiger partial charge in [0.15, 0.2) is 0 Å². The predicted molar refractivity (Wildman–Crippen MR) is 88.7 cm³/mol. The SMILES string of the molecule is FC(F)(F)C(F)(F)C1(C(F)(F)C(F)(F)F)OI2OC(C(F)(F)C(F)(F)F)(C(F)(F)C(F)(F)F)c3cccc1c32. The Kier molecular flexibility index (Phi) is 6.61. The molecule has 1 aromatic carbocycles. The van der Waals surface area contributed by atoms with E-state index in [1.54, 1.807) is 0 Å². The molecule has 39 heavy (non-hydrogen) atoms. The van der Waals surface area contributed by atoms with E-state index in [4.69, 9.17) is 0 Å². The standard InChI is InChI=1S/C16H3F20IO2/c17-9(18,13(25,26)27)7(10(19,20)14(28,29)30)4-2-1-3-5-6(4)37(38-7)39-8(5,11(21,22)15(31,32)33)12(23,24)16(34,35)36/h1-3H. The van der Waals surface area contributed by atoms with Crippen molar-refractivity contribution in [1.29, 1.82) is 0 Å². The second-order valence-electron chi connectivity index (χ2n) is 7.69. The summed E-state index contributed by atoms with van der Waals surface area (Å²) in [5.74, 6) is -29.8. The van der Waals surface area contributed by atoms with Crippen LogP contribution in [0.3, 0.4) is 0 Å². The maximum absolute atomic E-state index is 14.4. The van der Waals surface area contributed by atoms with Crippen LogP contribution < -0.4 is 0 Å². The van der Waals surface area contributed by atoms with Gasteiger partial charge in [0.05, 0.1) is 0 Å². The Morgan fingerprint density at radius 1 is 0.436 bits per heavy atom. The van der Waals surface area contributed by atoms with Gasteiger partial charge in [0.2, 0.25) is 0 Å². The van der Waals surface area contributed by atoms with Crippen molar-refractivity contribution in [2.45, 2.75) is 59.6 Å². The summed E-state index contributed by atoms with van der Waals surface area (Å²) >= 11 is -6.47. The number of hydrogen-bond acceptors (Lipinski definition) is 2. The molecule has 226 valence electrons. The first-order valence-electron chi connectivity index (χ1n) is 8.93. The van der Waals surface area contributed by atoms with Crippen molar-refractivity contribution in [3.63, 3.8) is 0 Å². The van der Waals surface area contributed by atoms with Gasteiger partial charge in [0.25, 0.3) is 0 Å². The molecule has 2 heterocycles. The van der Waals surface area contributed by atoms with Crippen LogP contribution in [-0.4, -0.2) is 48.4 Å². The van der Waals surface area contributed by atoms with Crippen LogP contribution in [0.25, 0.3) is 0 Å². The van der Waals surface area contributed by atoms with Crippen molar-refractivity contribution in [3.8, 4) is 0 Å². The third-order valence-electron chi connectivity index (χ3n) is 5.48. The summed E-state index contributed by atoms with van der Waals surface area (Å²) in [6, 6.07) is -1.69. The molecule has 0 atom stereocenters. The molecule has 0 N–H and O–H groups in total. The van der Waals surface area contributed by atoms with Gasteiger partial charge in [-0.05, 0) is 0 Å². The summed E-state index contributed by atoms with van der Waals surface area (Å²) < 4.78 is 278. The Morgan fingerprint density at radius 3 is 0.872 bits per heavy atom. The van der Waals surface area contributed by atoms with Gasteiger partial charge in [-0.2, -0.15) is 0 Å². The van der Waals surface area contributed by atoms with Gasteiger partial charge in [-0.15, -0.1) is 0 Å². The number of rotatable bonds is 4. The van der Waals surface area contributed by atoms with E-state index in [-0.39, 0.29) is 0 Å². The molecule has 0 spiro atoms. The van der Waals surface area contributed by atoms with E-state index >= 15 is 0 Å². The molecule has 0 aromatic heterocycles. The molecular weight excluding hydrogens is 731 g/mol. The Balaban J connectivity index is 2.57. The Labute approximate surface area is 207 Å². The van der Waals surface area contributed by atoms with Gasteiger partial charge in [-0.25, -0.2) is 0 Å². The van der Waals surface area contributed by atoms with Crippen LogP contribution in [0, 0.1) is 3.57 Å². The molecule has 2 aliphatic heterocycles. The normalized spacial score (nSPS) is 21.4. The number of alkyl halides is 20. The molecule has 0 radical (unpaired) electrons. The quantitative estimate of drug-likeness (QED) is 0.229. The molecular formula is C16H3F20IO2. The zero-order valence-corrected chi connectivity index (χ0v) is 19.1. The minimum atomic E-state index is -7.46. The first-order valence-corrected chi connectivity index (χ1v) is 11.8. The van der Waals surface area contributed by atoms with Crippen molar-refractivity contribution in [2.24, 2.45) is 0 Å². The fourth-order valence-corrected chi connectivity index (χ4v) is 9.07. The minimum absolute atomic E-state index is 0.479. The van der Waals surface area contributed by atoms with Crippen LogP contribution >= 0.6 is 20.6 Å². The average molecular weight is 734 g/mol. The molecule has 3 rings (SSSR count). The fraction of sp³-hybridized carbons (Fsp3) is 0.625. The monoisotopic (exact) mass is 734 g/mol. The first kappa shape index (κ1) is 32.0. The Hall–Kier alpha value is -1.53. The number of benzene rings is 1. The van der Waals surface area contributed by atoms with Crippen LogP contribution in [0.5, 0.6) is 0 Å². The van der Waals surface area contributed by atoms with E-state index in [1.807, 2.05) is 0 Å². The van der Waals surface area contributed by atoms with Gasteiger partial charge >= 0.3 is 207 Å². The fourth-order valence-electron chi connectivity index (χ4n) is 3.69. The molecule has 2 aliphatic rings. The summed E-state index contributed by atoms with van der Waals surface area (Å²) in [5, 5.41) is 0. The average Bonchev–Trinajstić information content (AvgIpc) is 3.22. The summed E-state index contributed by atoms with van der Waals surface area (Å²) in [4.78, 5) is 0. The van der Waals surface area contributed by atoms with Crippen molar-refractivity contribution in [1.82, 2.24) is 0 Å². The van der Waals surface area contributed by atoms with E-state index in [0.717, 1.165) is 0 Å². The first-order chi connectivity index (χ1) is 16.9. The molecule has 23 heteroatoms. The Morgan fingerprint density at radius 2 is 0.667 bits per heavy atom. The van der Waals surface area contributed by atoms with Crippen LogP contribution in [0.2, 0.25) is 0 Å². The summed E-state index contributed by atoms with van der Waals surface area (Å²) in [5.41, 5.74) is -18.8. The Bertz CT molecular complexity index is 1010. The zero-order chi connectivity index (χ0) is 30.8. The molecule has 1 aromatic rings. The third kappa shape index (κ3) is 3.55. The van der Waals surface area contributed by atoms with E-state index < -0.39 is 113 Å². The second-order valence-corrected chi connectivity index (χ2v) is 10.9. The molecule has 0 aliphatic carbocycles. The van der Waals surface area contributed by atoms with E-state index in [2.05, 4.69) is 6.13 Å². The maximum atomic E-state index is 14.4. The molecule has 2 nitrogen and oxygen atoms in total. The van der Waals surface area contributed by atoms with Crippen LogP contribution in [0.1, 0.15) is 11.1 Å². The predicted octanol–water partition coefficient (Wildman–Crippen LogP) is 8.43.